The van der Waals surface area contributed by atoms with Crippen molar-refractivity contribution in [1.82, 2.24) is 4.98 Å². The van der Waals surface area contributed by atoms with E-state index in [0.717, 1.165) is 0 Å². The van der Waals surface area contributed by atoms with Crippen molar-refractivity contribution in [2.75, 3.05) is 0 Å². The van der Waals surface area contributed by atoms with Crippen LogP contribution in [0, 0.1) is 0 Å². The van der Waals surface area contributed by atoms with Crippen molar-refractivity contribution < 1.29 is 0 Å². The Morgan fingerprint density at radius 1 is 0.657 bits per heavy atom. The van der Waals surface area contributed by atoms with E-state index in [1.54, 1.807) is 0 Å². The van der Waals surface area contributed by atoms with Crippen molar-refractivity contribution in [2.24, 2.45) is 0 Å². The van der Waals surface area contributed by atoms with Gasteiger partial charge in [0.2, 0.25) is 0 Å². The van der Waals surface area contributed by atoms with E-state index in [2.05, 4.69) is 103 Å². The topological polar surface area (TPSA) is 15.8 Å². The van der Waals surface area contributed by atoms with Crippen molar-refractivity contribution in [1.29, 1.82) is 0 Å². The highest BCUT2D eigenvalue weighted by molar-refractivity contribution is 7.20. The molecule has 0 radical (unpaired) electrons. The summed E-state index contributed by atoms with van der Waals surface area (Å²) in [5, 5.41) is 14.6. The van der Waals surface area contributed by atoms with E-state index in [-0.39, 0.29) is 0 Å². The molecule has 0 spiro atoms. The molecule has 0 aliphatic carbocycles. The molecule has 8 rings (SSSR count). The molecule has 2 aromatic heterocycles. The molecule has 0 aliphatic rings. The zero-order valence-corrected chi connectivity index (χ0v) is 20.1. The second-order valence-electron chi connectivity index (χ2n) is 9.35. The van der Waals surface area contributed by atoms with Crippen molar-refractivity contribution in [3.63, 3.8) is 0 Å². The highest BCUT2D eigenvalue weighted by Gasteiger charge is 2.20. The lowest BCUT2D eigenvalue weighted by Gasteiger charge is -2.16. The summed E-state index contributed by atoms with van der Waals surface area (Å²) in [7, 11) is 0. The molecule has 164 valence electrons. The summed E-state index contributed by atoms with van der Waals surface area (Å²) in [5.41, 5.74) is 3.67. The lowest BCUT2D eigenvalue weighted by Crippen LogP contribution is -1.88. The molecule has 2 heterocycles. The lowest BCUT2D eigenvalue weighted by molar-refractivity contribution is 1.56. The second kappa shape index (κ2) is 6.71. The van der Waals surface area contributed by atoms with Gasteiger partial charge in [-0.2, -0.15) is 0 Å². The molecule has 0 saturated heterocycles. The Balaban J connectivity index is 1.71. The average molecular weight is 464 g/mol. The zero-order chi connectivity index (χ0) is 23.3. The first-order valence-electron chi connectivity index (χ1n) is 12.0. The third-order valence-corrected chi connectivity index (χ3v) is 8.75. The Kier molecular flexibility index (Phi) is 3.68. The molecule has 0 amide bonds. The molecule has 0 bridgehead atoms. The third-order valence-electron chi connectivity index (χ3n) is 7.61. The van der Waals surface area contributed by atoms with Crippen LogP contribution in [0.5, 0.6) is 0 Å². The van der Waals surface area contributed by atoms with E-state index in [4.69, 9.17) is 0 Å². The molecular formula is C33H21NS. The van der Waals surface area contributed by atoms with Gasteiger partial charge < -0.3 is 4.98 Å². The van der Waals surface area contributed by atoms with Crippen LogP contribution < -0.4 is 0 Å². The van der Waals surface area contributed by atoms with E-state index < -0.39 is 0 Å². The maximum absolute atomic E-state index is 4.11. The Morgan fingerprint density at radius 2 is 1.31 bits per heavy atom. The van der Waals surface area contributed by atoms with Crippen molar-refractivity contribution in [3.05, 3.63) is 95.9 Å². The number of rotatable bonds is 2. The number of aromatic amines is 1. The molecule has 0 aliphatic heterocycles. The Labute approximate surface area is 205 Å². The van der Waals surface area contributed by atoms with Crippen LogP contribution in [0.1, 0.15) is 17.4 Å². The number of nitrogens with one attached hydrogen (secondary N) is 1. The molecule has 0 saturated carbocycles. The number of benzene rings is 6. The molecule has 0 atom stereocenters. The van der Waals surface area contributed by atoms with Crippen molar-refractivity contribution in [3.8, 4) is 0 Å². The summed E-state index contributed by atoms with van der Waals surface area (Å²) in [6.07, 6.45) is 6.36. The summed E-state index contributed by atoms with van der Waals surface area (Å²) in [5.74, 6) is 0. The largest absolute Gasteiger partial charge is 0.354 e. The monoisotopic (exact) mass is 463 g/mol. The molecule has 0 unspecified atom stereocenters. The Hall–Kier alpha value is -4.14. The van der Waals surface area contributed by atoms with Crippen LogP contribution in [0.25, 0.3) is 87.1 Å². The standard InChI is InChI=1S/C33H21NS/c1-3-9-21-28(4-2)35-29-17-25-24-16-27-32(20-10-5-6-15-26(20)34-27)22-13-7-11-18(30(22)24)19-12-8-14-23(31(19)25)33(21)29/h3-17,34H,2H2,1H3/b9-3-. The van der Waals surface area contributed by atoms with Gasteiger partial charge in [0.05, 0.1) is 0 Å². The maximum Gasteiger partial charge on any atom is 0.0477 e. The van der Waals surface area contributed by atoms with Crippen LogP contribution in [-0.4, -0.2) is 4.98 Å². The minimum Gasteiger partial charge on any atom is -0.354 e. The zero-order valence-electron chi connectivity index (χ0n) is 19.3. The van der Waals surface area contributed by atoms with Gasteiger partial charge in [-0.3, -0.25) is 0 Å². The summed E-state index contributed by atoms with van der Waals surface area (Å²) >= 11 is 1.84. The first-order chi connectivity index (χ1) is 17.3. The van der Waals surface area contributed by atoms with Gasteiger partial charge >= 0.3 is 0 Å². The Morgan fingerprint density at radius 3 is 2.06 bits per heavy atom. The van der Waals surface area contributed by atoms with E-state index >= 15 is 0 Å². The van der Waals surface area contributed by atoms with Gasteiger partial charge in [-0.05, 0) is 68.2 Å². The van der Waals surface area contributed by atoms with Crippen LogP contribution in [0.4, 0.5) is 0 Å². The molecule has 6 aromatic carbocycles. The SMILES string of the molecule is C=Cc1sc2cc3c4cc5[nH]c6ccccc6c5c5cccc(c6cccc(c2c1/C=C\C)c63)c45. The number of para-hydroxylation sites is 1. The highest BCUT2D eigenvalue weighted by Crippen LogP contribution is 2.48. The van der Waals surface area contributed by atoms with Crippen LogP contribution >= 0.6 is 11.3 Å². The van der Waals surface area contributed by atoms with Gasteiger partial charge in [-0.25, -0.2) is 0 Å². The quantitative estimate of drug-likeness (QED) is 0.194. The third kappa shape index (κ3) is 2.32. The van der Waals surface area contributed by atoms with Crippen LogP contribution in [0.3, 0.4) is 0 Å². The minimum atomic E-state index is 1.19. The fourth-order valence-electron chi connectivity index (χ4n) is 6.30. The first kappa shape index (κ1) is 19.2. The molecule has 35 heavy (non-hydrogen) atoms. The molecule has 8 aromatic rings. The van der Waals surface area contributed by atoms with Gasteiger partial charge in [-0.15, -0.1) is 11.3 Å². The number of fused-ring (bicyclic) bond motifs is 8. The molecule has 2 heteroatoms. The summed E-state index contributed by atoms with van der Waals surface area (Å²) in [6, 6.07) is 27.1. The molecule has 1 nitrogen and oxygen atoms in total. The van der Waals surface area contributed by atoms with E-state index in [0.29, 0.717) is 0 Å². The molecule has 0 fully saturated rings. The fraction of sp³-hybridized carbons (Fsp3) is 0.0303. The van der Waals surface area contributed by atoms with Crippen LogP contribution in [0.15, 0.2) is 85.5 Å². The van der Waals surface area contributed by atoms with E-state index in [9.17, 15) is 0 Å². The Bertz CT molecular complexity index is 2190. The van der Waals surface area contributed by atoms with Gasteiger partial charge in [-0.1, -0.05) is 79.4 Å². The van der Waals surface area contributed by atoms with Gasteiger partial charge in [0.15, 0.2) is 0 Å². The lowest BCUT2D eigenvalue weighted by atomic mass is 9.87. The number of thiophene rings is 1. The highest BCUT2D eigenvalue weighted by atomic mass is 32.1. The smallest absolute Gasteiger partial charge is 0.0477 e. The number of hydrogen-bond donors (Lipinski definition) is 1. The number of H-pyrrole nitrogens is 1. The fourth-order valence-corrected chi connectivity index (χ4v) is 7.40. The van der Waals surface area contributed by atoms with Crippen molar-refractivity contribution in [2.45, 2.75) is 6.92 Å². The van der Waals surface area contributed by atoms with E-state index in [1.165, 1.54) is 85.4 Å². The molecule has 1 N–H and O–H groups in total. The van der Waals surface area contributed by atoms with Crippen molar-refractivity contribution >= 4 is 98.5 Å². The summed E-state index contributed by atoms with van der Waals surface area (Å²) < 4.78 is 1.32. The predicted molar refractivity (Wildman–Crippen MR) is 157 cm³/mol. The van der Waals surface area contributed by atoms with Crippen LogP contribution in [-0.2, 0) is 0 Å². The second-order valence-corrected chi connectivity index (χ2v) is 10.4. The number of hydrogen-bond acceptors (Lipinski definition) is 1. The first-order valence-corrected chi connectivity index (χ1v) is 12.8. The average Bonchev–Trinajstić information content (AvgIpc) is 3.45. The van der Waals surface area contributed by atoms with Gasteiger partial charge in [0, 0.05) is 42.3 Å². The molecular weight excluding hydrogens is 442 g/mol. The van der Waals surface area contributed by atoms with Gasteiger partial charge in [0.1, 0.15) is 0 Å². The van der Waals surface area contributed by atoms with Crippen LogP contribution in [0.2, 0.25) is 0 Å². The normalized spacial score (nSPS) is 12.7. The minimum absolute atomic E-state index is 1.19. The van der Waals surface area contributed by atoms with Gasteiger partial charge in [0.25, 0.3) is 0 Å². The van der Waals surface area contributed by atoms with E-state index in [1.807, 2.05) is 17.4 Å². The summed E-state index contributed by atoms with van der Waals surface area (Å²) in [4.78, 5) is 4.93. The summed E-state index contributed by atoms with van der Waals surface area (Å²) in [6.45, 7) is 6.20. The number of aromatic nitrogens is 1. The number of allylic oxidation sites excluding steroid dienone is 1. The predicted octanol–water partition coefficient (Wildman–Crippen LogP) is 10.3. The maximum atomic E-state index is 4.11.